The summed E-state index contributed by atoms with van der Waals surface area (Å²) in [6.07, 6.45) is 9.47. The number of nitrogens with two attached hydrogens (primary N) is 2. The minimum atomic E-state index is 0.549. The lowest BCUT2D eigenvalue weighted by Gasteiger charge is -2.15. The fourth-order valence-corrected chi connectivity index (χ4v) is 2.40. The molecule has 0 atom stereocenters. The van der Waals surface area contributed by atoms with Crippen LogP contribution < -0.4 is 11.5 Å². The minimum absolute atomic E-state index is 0.549. The number of nitrogen functional groups attached to an aromatic ring is 2. The van der Waals surface area contributed by atoms with Crippen LogP contribution in [0, 0.1) is 0 Å². The van der Waals surface area contributed by atoms with E-state index in [1.54, 1.807) is 6.20 Å². The smallest absolute Gasteiger partial charge is 0.0665 e. The zero-order valence-electron chi connectivity index (χ0n) is 9.08. The van der Waals surface area contributed by atoms with Gasteiger partial charge in [0.05, 0.1) is 23.3 Å². The van der Waals surface area contributed by atoms with E-state index < -0.39 is 0 Å². The molecule has 15 heavy (non-hydrogen) atoms. The maximum absolute atomic E-state index is 5.96. The van der Waals surface area contributed by atoms with Gasteiger partial charge in [-0.15, -0.1) is 0 Å². The molecule has 2 rings (SSSR count). The second kappa shape index (κ2) is 4.51. The van der Waals surface area contributed by atoms with Gasteiger partial charge < -0.3 is 11.5 Å². The predicted octanol–water partition coefficient (Wildman–Crippen LogP) is 2.68. The molecule has 3 nitrogen and oxygen atoms in total. The maximum atomic E-state index is 5.96. The molecule has 0 saturated heterocycles. The van der Waals surface area contributed by atoms with Crippen molar-refractivity contribution in [2.24, 2.45) is 0 Å². The van der Waals surface area contributed by atoms with Crippen molar-refractivity contribution in [3.05, 3.63) is 18.0 Å². The average molecular weight is 205 g/mol. The topological polar surface area (TPSA) is 64.9 Å². The van der Waals surface area contributed by atoms with Crippen LogP contribution in [0.3, 0.4) is 0 Å². The highest BCUT2D eigenvalue weighted by molar-refractivity contribution is 5.53. The Kier molecular flexibility index (Phi) is 3.09. The molecule has 1 aromatic rings. The number of rotatable bonds is 1. The van der Waals surface area contributed by atoms with Gasteiger partial charge in [-0.25, -0.2) is 0 Å². The van der Waals surface area contributed by atoms with E-state index in [1.807, 2.05) is 6.07 Å². The summed E-state index contributed by atoms with van der Waals surface area (Å²) < 4.78 is 0. The van der Waals surface area contributed by atoms with Gasteiger partial charge in [-0.05, 0) is 18.9 Å². The Balaban J connectivity index is 2.19. The van der Waals surface area contributed by atoms with Crippen LogP contribution in [0.5, 0.6) is 0 Å². The zero-order valence-corrected chi connectivity index (χ0v) is 9.08. The summed E-state index contributed by atoms with van der Waals surface area (Å²) in [7, 11) is 0. The van der Waals surface area contributed by atoms with Crippen LogP contribution in [0.25, 0.3) is 0 Å². The number of anilines is 2. The molecule has 0 unspecified atom stereocenters. The zero-order chi connectivity index (χ0) is 10.7. The molecule has 1 heterocycles. The maximum Gasteiger partial charge on any atom is 0.0665 e. The van der Waals surface area contributed by atoms with Crippen molar-refractivity contribution < 1.29 is 0 Å². The lowest BCUT2D eigenvalue weighted by atomic mass is 9.95. The lowest BCUT2D eigenvalue weighted by molar-refractivity contribution is 0.580. The quantitative estimate of drug-likeness (QED) is 0.693. The van der Waals surface area contributed by atoms with Crippen LogP contribution >= 0.6 is 0 Å². The lowest BCUT2D eigenvalue weighted by Crippen LogP contribution is -2.05. The number of hydrogen-bond acceptors (Lipinski definition) is 3. The van der Waals surface area contributed by atoms with Crippen molar-refractivity contribution in [2.45, 2.75) is 44.4 Å². The molecular weight excluding hydrogens is 186 g/mol. The summed E-state index contributed by atoms with van der Waals surface area (Å²) in [5.74, 6) is 0.549. The van der Waals surface area contributed by atoms with Gasteiger partial charge in [0.2, 0.25) is 0 Å². The van der Waals surface area contributed by atoms with E-state index in [9.17, 15) is 0 Å². The molecule has 0 spiro atoms. The van der Waals surface area contributed by atoms with Crippen molar-refractivity contribution in [3.8, 4) is 0 Å². The highest BCUT2D eigenvalue weighted by atomic mass is 14.8. The molecule has 0 radical (unpaired) electrons. The molecule has 4 N–H and O–H groups in total. The predicted molar refractivity (Wildman–Crippen MR) is 63.5 cm³/mol. The van der Waals surface area contributed by atoms with E-state index in [2.05, 4.69) is 4.98 Å². The van der Waals surface area contributed by atoms with Crippen LogP contribution in [0.1, 0.15) is 50.1 Å². The van der Waals surface area contributed by atoms with E-state index in [0.29, 0.717) is 11.6 Å². The van der Waals surface area contributed by atoms with E-state index in [0.717, 1.165) is 11.4 Å². The Morgan fingerprint density at radius 1 is 1.07 bits per heavy atom. The molecule has 0 aliphatic heterocycles. The van der Waals surface area contributed by atoms with Gasteiger partial charge in [-0.1, -0.05) is 25.7 Å². The monoisotopic (exact) mass is 205 g/mol. The van der Waals surface area contributed by atoms with Crippen LogP contribution in [-0.2, 0) is 0 Å². The Bertz CT molecular complexity index is 328. The van der Waals surface area contributed by atoms with Gasteiger partial charge in [-0.3, -0.25) is 4.98 Å². The molecule has 1 fully saturated rings. The summed E-state index contributed by atoms with van der Waals surface area (Å²) in [5, 5.41) is 0. The van der Waals surface area contributed by atoms with Crippen molar-refractivity contribution in [2.75, 3.05) is 11.5 Å². The first-order chi connectivity index (χ1) is 7.27. The Morgan fingerprint density at radius 3 is 2.33 bits per heavy atom. The van der Waals surface area contributed by atoms with E-state index >= 15 is 0 Å². The second-order valence-electron chi connectivity index (χ2n) is 4.43. The van der Waals surface area contributed by atoms with Crippen LogP contribution in [0.4, 0.5) is 11.4 Å². The SMILES string of the molecule is Nc1cnc(C2CCCCCC2)c(N)c1. The summed E-state index contributed by atoms with van der Waals surface area (Å²) >= 11 is 0. The van der Waals surface area contributed by atoms with E-state index in [-0.39, 0.29) is 0 Å². The average Bonchev–Trinajstić information content (AvgIpc) is 2.46. The largest absolute Gasteiger partial charge is 0.397 e. The molecule has 1 aromatic heterocycles. The van der Waals surface area contributed by atoms with E-state index in [1.165, 1.54) is 38.5 Å². The normalized spacial score (nSPS) is 18.7. The third-order valence-corrected chi connectivity index (χ3v) is 3.21. The molecule has 1 aliphatic rings. The number of aromatic nitrogens is 1. The number of hydrogen-bond donors (Lipinski definition) is 2. The van der Waals surface area contributed by atoms with Gasteiger partial charge in [0.15, 0.2) is 0 Å². The fraction of sp³-hybridized carbons (Fsp3) is 0.583. The first-order valence-electron chi connectivity index (χ1n) is 5.78. The summed E-state index contributed by atoms with van der Waals surface area (Å²) in [4.78, 5) is 4.39. The van der Waals surface area contributed by atoms with Crippen molar-refractivity contribution in [3.63, 3.8) is 0 Å². The first-order valence-corrected chi connectivity index (χ1v) is 5.78. The summed E-state index contributed by atoms with van der Waals surface area (Å²) in [6, 6.07) is 1.83. The standard InChI is InChI=1S/C12H19N3/c13-10-7-11(14)12(15-8-10)9-5-3-1-2-4-6-9/h7-9H,1-6,13-14H2. The second-order valence-corrected chi connectivity index (χ2v) is 4.43. The van der Waals surface area contributed by atoms with Crippen molar-refractivity contribution >= 4 is 11.4 Å². The molecular formula is C12H19N3. The Labute approximate surface area is 90.9 Å². The van der Waals surface area contributed by atoms with Crippen molar-refractivity contribution in [1.82, 2.24) is 4.98 Å². The molecule has 0 bridgehead atoms. The fourth-order valence-electron chi connectivity index (χ4n) is 2.40. The van der Waals surface area contributed by atoms with Crippen LogP contribution in [-0.4, -0.2) is 4.98 Å². The summed E-state index contributed by atoms with van der Waals surface area (Å²) in [5.41, 5.74) is 14.1. The Morgan fingerprint density at radius 2 is 1.73 bits per heavy atom. The van der Waals surface area contributed by atoms with Crippen molar-refractivity contribution in [1.29, 1.82) is 0 Å². The Hall–Kier alpha value is -1.25. The van der Waals surface area contributed by atoms with Gasteiger partial charge >= 0.3 is 0 Å². The molecule has 3 heteroatoms. The molecule has 82 valence electrons. The molecule has 0 amide bonds. The third-order valence-electron chi connectivity index (χ3n) is 3.21. The van der Waals surface area contributed by atoms with Gasteiger partial charge in [-0.2, -0.15) is 0 Å². The molecule has 0 aromatic carbocycles. The first kappa shape index (κ1) is 10.3. The number of nitrogens with zero attached hydrogens (tertiary/aromatic N) is 1. The van der Waals surface area contributed by atoms with Gasteiger partial charge in [0, 0.05) is 5.92 Å². The van der Waals surface area contributed by atoms with Crippen LogP contribution in [0.15, 0.2) is 12.3 Å². The number of pyridine rings is 1. The molecule has 1 aliphatic carbocycles. The van der Waals surface area contributed by atoms with Gasteiger partial charge in [0.25, 0.3) is 0 Å². The minimum Gasteiger partial charge on any atom is -0.397 e. The highest BCUT2D eigenvalue weighted by Crippen LogP contribution is 2.33. The summed E-state index contributed by atoms with van der Waals surface area (Å²) in [6.45, 7) is 0. The third kappa shape index (κ3) is 2.41. The van der Waals surface area contributed by atoms with Gasteiger partial charge in [0.1, 0.15) is 0 Å². The van der Waals surface area contributed by atoms with E-state index in [4.69, 9.17) is 11.5 Å². The van der Waals surface area contributed by atoms with Crippen LogP contribution in [0.2, 0.25) is 0 Å². The molecule has 1 saturated carbocycles. The highest BCUT2D eigenvalue weighted by Gasteiger charge is 2.17.